The Balaban J connectivity index is 1.83. The molecule has 188 valence electrons. The van der Waals surface area contributed by atoms with Crippen molar-refractivity contribution in [3.05, 3.63) is 23.2 Å². The highest BCUT2D eigenvalue weighted by Crippen LogP contribution is 2.28. The molecule has 0 bridgehead atoms. The number of furan rings is 1. The van der Waals surface area contributed by atoms with Crippen molar-refractivity contribution in [3.8, 4) is 0 Å². The maximum absolute atomic E-state index is 12.1. The molecule has 1 aliphatic heterocycles. The number of amides is 1. The van der Waals surface area contributed by atoms with Crippen LogP contribution in [-0.2, 0) is 14.3 Å². The summed E-state index contributed by atoms with van der Waals surface area (Å²) in [6.07, 6.45) is -9.78. The Kier molecular flexibility index (Phi) is 10.1. The second-order valence-electron chi connectivity index (χ2n) is 7.64. The van der Waals surface area contributed by atoms with Crippen molar-refractivity contribution in [2.45, 2.75) is 68.9 Å². The third kappa shape index (κ3) is 6.90. The van der Waals surface area contributed by atoms with Crippen molar-refractivity contribution in [2.24, 2.45) is 0 Å². The molecule has 1 fully saturated rings. The second-order valence-corrected chi connectivity index (χ2v) is 8.72. The van der Waals surface area contributed by atoms with Gasteiger partial charge in [0.25, 0.3) is 0 Å². The van der Waals surface area contributed by atoms with Gasteiger partial charge in [-0.1, -0.05) is 0 Å². The van der Waals surface area contributed by atoms with E-state index < -0.39 is 66.6 Å². The van der Waals surface area contributed by atoms with Crippen LogP contribution in [0.5, 0.6) is 0 Å². The van der Waals surface area contributed by atoms with E-state index in [9.17, 15) is 40.2 Å². The number of aryl methyl sites for hydroxylation is 1. The Bertz CT molecular complexity index is 803. The van der Waals surface area contributed by atoms with E-state index in [2.05, 4.69) is 5.32 Å². The fourth-order valence-electron chi connectivity index (χ4n) is 3.14. The number of aliphatic hydroxyl groups is 6. The van der Waals surface area contributed by atoms with Gasteiger partial charge in [-0.05, 0) is 26.8 Å². The van der Waals surface area contributed by atoms with Crippen molar-refractivity contribution in [1.29, 1.82) is 0 Å². The number of nitrogens with one attached hydrogen (secondary N) is 1. The maximum atomic E-state index is 12.1. The average molecular weight is 494 g/mol. The fraction of sp³-hybridized carbons (Fsp3) is 0.700. The number of ether oxygens (including phenoxy) is 2. The standard InChI is InChI=1S/C20H31NO11S/c1-4-30-19(29)10-5-12(31-8(10)2)16(26)15(25)11(22)6-21-13(23)7-33-20-18(28)17(27)14(24)9(3)32-20/h5,9,11,14-18,20,22,24-28H,4,6-7H2,1-3H3,(H,21,23)/t9-,11+,14+,15+,16+,17+,18-,20-/m0/s1. The summed E-state index contributed by atoms with van der Waals surface area (Å²) < 4.78 is 15.5. The summed E-state index contributed by atoms with van der Waals surface area (Å²) in [5.41, 5.74) is -0.866. The lowest BCUT2D eigenvalue weighted by Crippen LogP contribution is -2.55. The lowest BCUT2D eigenvalue weighted by Gasteiger charge is -2.38. The summed E-state index contributed by atoms with van der Waals surface area (Å²) in [5.74, 6) is -1.40. The van der Waals surface area contributed by atoms with E-state index in [0.29, 0.717) is 0 Å². The number of aliphatic hydroxyl groups excluding tert-OH is 6. The molecular formula is C20H31NO11S. The first-order valence-corrected chi connectivity index (χ1v) is 11.4. The van der Waals surface area contributed by atoms with Crippen LogP contribution in [0, 0.1) is 6.92 Å². The van der Waals surface area contributed by atoms with E-state index in [1.807, 2.05) is 0 Å². The number of hydrogen-bond acceptors (Lipinski definition) is 12. The fourth-order valence-corrected chi connectivity index (χ4v) is 4.17. The van der Waals surface area contributed by atoms with Crippen LogP contribution in [0.25, 0.3) is 0 Å². The van der Waals surface area contributed by atoms with Gasteiger partial charge < -0.3 is 49.8 Å². The van der Waals surface area contributed by atoms with Gasteiger partial charge >= 0.3 is 5.97 Å². The third-order valence-corrected chi connectivity index (χ3v) is 6.28. The highest BCUT2D eigenvalue weighted by molar-refractivity contribution is 8.00. The summed E-state index contributed by atoms with van der Waals surface area (Å²) >= 11 is 0.890. The normalized spacial score (nSPS) is 28.1. The van der Waals surface area contributed by atoms with Crippen LogP contribution in [0.2, 0.25) is 0 Å². The van der Waals surface area contributed by atoms with Gasteiger partial charge in [0.1, 0.15) is 59.1 Å². The van der Waals surface area contributed by atoms with Gasteiger partial charge in [-0.15, -0.1) is 11.8 Å². The highest BCUT2D eigenvalue weighted by atomic mass is 32.2. The van der Waals surface area contributed by atoms with E-state index in [1.165, 1.54) is 19.9 Å². The van der Waals surface area contributed by atoms with E-state index in [4.69, 9.17) is 13.9 Å². The van der Waals surface area contributed by atoms with E-state index in [1.54, 1.807) is 6.92 Å². The molecule has 0 radical (unpaired) electrons. The minimum absolute atomic E-state index is 0.0805. The Morgan fingerprint density at radius 1 is 1.18 bits per heavy atom. The van der Waals surface area contributed by atoms with Crippen LogP contribution in [0.1, 0.15) is 41.8 Å². The zero-order valence-electron chi connectivity index (χ0n) is 18.5. The lowest BCUT2D eigenvalue weighted by atomic mass is 10.0. The molecular weight excluding hydrogens is 462 g/mol. The molecule has 1 aromatic rings. The van der Waals surface area contributed by atoms with E-state index >= 15 is 0 Å². The topological polar surface area (TPSA) is 199 Å². The first-order valence-electron chi connectivity index (χ1n) is 10.4. The van der Waals surface area contributed by atoms with Gasteiger partial charge in [-0.2, -0.15) is 0 Å². The summed E-state index contributed by atoms with van der Waals surface area (Å²) in [6, 6.07) is 1.21. The molecule has 1 aliphatic rings. The van der Waals surface area contributed by atoms with Crippen LogP contribution in [-0.4, -0.2) is 103 Å². The van der Waals surface area contributed by atoms with Crippen molar-refractivity contribution >= 4 is 23.6 Å². The van der Waals surface area contributed by atoms with Crippen molar-refractivity contribution < 1.29 is 54.1 Å². The first kappa shape index (κ1) is 27.5. The number of esters is 1. The van der Waals surface area contributed by atoms with Crippen molar-refractivity contribution in [3.63, 3.8) is 0 Å². The SMILES string of the molecule is CCOC(=O)c1cc([C@@H](O)[C@H](O)[C@H](O)CNC(=O)CS[C@@H]2O[C@@H](C)[C@@H](O)[C@@H](O)[C@@H]2O)oc1C. The molecule has 12 nitrogen and oxygen atoms in total. The molecule has 2 heterocycles. The first-order chi connectivity index (χ1) is 15.5. The summed E-state index contributed by atoms with van der Waals surface area (Å²) in [5, 5.41) is 62.4. The quantitative estimate of drug-likeness (QED) is 0.181. The molecule has 1 aromatic heterocycles. The number of rotatable bonds is 10. The van der Waals surface area contributed by atoms with Gasteiger partial charge in [-0.3, -0.25) is 4.79 Å². The summed E-state index contributed by atoms with van der Waals surface area (Å²) in [4.78, 5) is 23.9. The number of hydrogen-bond donors (Lipinski definition) is 7. The van der Waals surface area contributed by atoms with Crippen molar-refractivity contribution in [2.75, 3.05) is 18.9 Å². The highest BCUT2D eigenvalue weighted by Gasteiger charge is 2.42. The van der Waals surface area contributed by atoms with Crippen LogP contribution in [0.15, 0.2) is 10.5 Å². The largest absolute Gasteiger partial charge is 0.463 e. The van der Waals surface area contributed by atoms with Crippen LogP contribution < -0.4 is 5.32 Å². The average Bonchev–Trinajstić information content (AvgIpc) is 3.18. The molecule has 0 saturated carbocycles. The number of thioether (sulfide) groups is 1. The van der Waals surface area contributed by atoms with Crippen LogP contribution >= 0.6 is 11.8 Å². The van der Waals surface area contributed by atoms with Gasteiger partial charge in [0.15, 0.2) is 0 Å². The molecule has 33 heavy (non-hydrogen) atoms. The molecule has 1 amide bonds. The minimum atomic E-state index is -1.74. The Labute approximate surface area is 194 Å². The monoisotopic (exact) mass is 493 g/mol. The summed E-state index contributed by atoms with van der Waals surface area (Å²) in [6.45, 7) is 4.37. The Morgan fingerprint density at radius 2 is 1.85 bits per heavy atom. The van der Waals surface area contributed by atoms with E-state index in [-0.39, 0.29) is 29.4 Å². The molecule has 0 spiro atoms. The smallest absolute Gasteiger partial charge is 0.341 e. The zero-order chi connectivity index (χ0) is 24.9. The van der Waals surface area contributed by atoms with Gasteiger partial charge in [0.05, 0.1) is 18.5 Å². The second kappa shape index (κ2) is 12.1. The maximum Gasteiger partial charge on any atom is 0.341 e. The zero-order valence-corrected chi connectivity index (χ0v) is 19.3. The van der Waals surface area contributed by atoms with Crippen LogP contribution in [0.4, 0.5) is 0 Å². The number of carbonyl (C=O) groups excluding carboxylic acids is 2. The van der Waals surface area contributed by atoms with Gasteiger partial charge in [-0.25, -0.2) is 4.79 Å². The van der Waals surface area contributed by atoms with Gasteiger partial charge in [0.2, 0.25) is 5.91 Å². The summed E-state index contributed by atoms with van der Waals surface area (Å²) in [7, 11) is 0. The molecule has 2 rings (SSSR count). The van der Waals surface area contributed by atoms with Crippen molar-refractivity contribution in [1.82, 2.24) is 5.32 Å². The molecule has 13 heteroatoms. The molecule has 1 saturated heterocycles. The lowest BCUT2D eigenvalue weighted by molar-refractivity contribution is -0.192. The molecule has 7 N–H and O–H groups in total. The molecule has 0 aliphatic carbocycles. The molecule has 0 unspecified atom stereocenters. The predicted octanol–water partition coefficient (Wildman–Crippen LogP) is -1.80. The predicted molar refractivity (Wildman–Crippen MR) is 114 cm³/mol. The number of carbonyl (C=O) groups is 2. The van der Waals surface area contributed by atoms with Gasteiger partial charge in [0, 0.05) is 6.54 Å². The molecule has 0 aromatic carbocycles. The minimum Gasteiger partial charge on any atom is -0.463 e. The van der Waals surface area contributed by atoms with Crippen LogP contribution in [0.3, 0.4) is 0 Å². The third-order valence-electron chi connectivity index (χ3n) is 5.14. The molecule has 8 atom stereocenters. The van der Waals surface area contributed by atoms with E-state index in [0.717, 1.165) is 11.8 Å². The Morgan fingerprint density at radius 3 is 2.48 bits per heavy atom. The Hall–Kier alpha value is -1.71.